The van der Waals surface area contributed by atoms with Crippen LogP contribution in [-0.2, 0) is 0 Å². The van der Waals surface area contributed by atoms with Gasteiger partial charge in [0.15, 0.2) is 0 Å². The number of nitrogens with zero attached hydrogens (tertiary/aromatic N) is 7. The van der Waals surface area contributed by atoms with Gasteiger partial charge in [-0.2, -0.15) is 15.6 Å². The van der Waals surface area contributed by atoms with Crippen LogP contribution in [0.1, 0.15) is 57.2 Å². The number of non-ortho nitro benzene ring substituents is 1. The normalized spacial score (nSPS) is 12.3. The number of hydrogen-bond donors (Lipinski definition) is 0. The number of aryl methyl sites for hydroxylation is 1. The van der Waals surface area contributed by atoms with Crippen LogP contribution in [0.25, 0.3) is 0 Å². The van der Waals surface area contributed by atoms with E-state index in [1.54, 1.807) is 30.3 Å². The summed E-state index contributed by atoms with van der Waals surface area (Å²) in [7, 11) is 0. The van der Waals surface area contributed by atoms with Gasteiger partial charge < -0.3 is 4.90 Å². The SMILES string of the molecule is CCN(CCCCN1C(=O)c2ccccc2C1=O)c1ccc(/N=N/c2c(C#N)cc([N+](=O)[O-])cc2C#N)c(C)c1. The smallest absolute Gasteiger partial charge is 0.272 e. The van der Waals surface area contributed by atoms with Crippen molar-refractivity contribution in [3.05, 3.63) is 92.5 Å². The lowest BCUT2D eigenvalue weighted by molar-refractivity contribution is -0.384. The maximum absolute atomic E-state index is 12.6. The molecule has 3 aromatic rings. The molecule has 1 aliphatic heterocycles. The lowest BCUT2D eigenvalue weighted by Crippen LogP contribution is -2.31. The van der Waals surface area contributed by atoms with Crippen LogP contribution < -0.4 is 4.90 Å². The van der Waals surface area contributed by atoms with Gasteiger partial charge in [0.05, 0.1) is 32.9 Å². The van der Waals surface area contributed by atoms with Crippen LogP contribution in [0, 0.1) is 39.7 Å². The van der Waals surface area contributed by atoms with Crippen LogP contribution in [-0.4, -0.2) is 41.3 Å². The molecular weight excluding hydrogens is 510 g/mol. The summed E-state index contributed by atoms with van der Waals surface area (Å²) >= 11 is 0. The van der Waals surface area contributed by atoms with Gasteiger partial charge >= 0.3 is 0 Å². The van der Waals surface area contributed by atoms with E-state index in [2.05, 4.69) is 15.1 Å². The van der Waals surface area contributed by atoms with Crippen LogP contribution in [0.2, 0.25) is 0 Å². The highest BCUT2D eigenvalue weighted by Gasteiger charge is 2.34. The molecule has 4 rings (SSSR count). The Hall–Kier alpha value is -5.42. The summed E-state index contributed by atoms with van der Waals surface area (Å²) < 4.78 is 0. The third-order valence-electron chi connectivity index (χ3n) is 6.67. The Morgan fingerprint density at radius 3 is 2.10 bits per heavy atom. The van der Waals surface area contributed by atoms with Crippen LogP contribution in [0.15, 0.2) is 64.8 Å². The monoisotopic (exact) mass is 535 g/mol. The highest BCUT2D eigenvalue weighted by Crippen LogP contribution is 2.32. The number of rotatable bonds is 10. The standard InChI is InChI=1S/C29H25N7O4/c1-3-34(12-6-7-13-35-28(37)24-8-4-5-9-25(24)29(35)38)22-10-11-26(19(2)14-22)32-33-27-20(17-30)15-23(36(39)40)16-21(27)18-31/h4-5,8-11,14-16H,3,6-7,12-13H2,1-2H3/b33-32+. The van der Waals surface area contributed by atoms with E-state index in [4.69, 9.17) is 0 Å². The molecule has 0 aliphatic carbocycles. The molecular formula is C29H25N7O4. The maximum atomic E-state index is 12.6. The van der Waals surface area contributed by atoms with Gasteiger partial charge in [-0.1, -0.05) is 12.1 Å². The molecule has 1 aliphatic rings. The number of nitro groups is 1. The molecule has 0 radical (unpaired) electrons. The predicted octanol–water partition coefficient (Wildman–Crippen LogP) is 5.96. The van der Waals surface area contributed by atoms with Crippen LogP contribution in [0.5, 0.6) is 0 Å². The summed E-state index contributed by atoms with van der Waals surface area (Å²) in [6, 6.07) is 18.3. The van der Waals surface area contributed by atoms with Crippen LogP contribution in [0.4, 0.5) is 22.7 Å². The number of amides is 2. The Labute approximate surface area is 230 Å². The van der Waals surface area contributed by atoms with Crippen LogP contribution in [0.3, 0.4) is 0 Å². The molecule has 11 nitrogen and oxygen atoms in total. The molecule has 0 saturated heterocycles. The van der Waals surface area contributed by atoms with Crippen LogP contribution >= 0.6 is 0 Å². The number of nitro benzene ring substituents is 1. The maximum Gasteiger partial charge on any atom is 0.272 e. The second kappa shape index (κ2) is 12.0. The molecule has 11 heteroatoms. The number of azo groups is 1. The topological polar surface area (TPSA) is 156 Å². The largest absolute Gasteiger partial charge is 0.372 e. The number of imide groups is 1. The average molecular weight is 536 g/mol. The minimum atomic E-state index is -0.671. The second-order valence-electron chi connectivity index (χ2n) is 9.14. The van der Waals surface area contributed by atoms with Crippen molar-refractivity contribution in [1.82, 2.24) is 4.90 Å². The Balaban J connectivity index is 1.41. The molecule has 0 unspecified atom stereocenters. The summed E-state index contributed by atoms with van der Waals surface area (Å²) in [6.45, 7) is 5.72. The minimum Gasteiger partial charge on any atom is -0.372 e. The Morgan fingerprint density at radius 2 is 1.57 bits per heavy atom. The van der Waals surface area contributed by atoms with Gasteiger partial charge in [0.25, 0.3) is 17.5 Å². The number of fused-ring (bicyclic) bond motifs is 1. The molecule has 0 aromatic heterocycles. The molecule has 3 aromatic carbocycles. The first kappa shape index (κ1) is 27.6. The first-order valence-electron chi connectivity index (χ1n) is 12.6. The zero-order valence-electron chi connectivity index (χ0n) is 22.0. The van der Waals surface area contributed by atoms with E-state index in [0.29, 0.717) is 29.8 Å². The fourth-order valence-corrected chi connectivity index (χ4v) is 4.54. The first-order valence-corrected chi connectivity index (χ1v) is 12.6. The van der Waals surface area contributed by atoms with Gasteiger partial charge in [-0.05, 0) is 62.6 Å². The predicted molar refractivity (Wildman–Crippen MR) is 147 cm³/mol. The number of unbranched alkanes of at least 4 members (excludes halogenated alkanes) is 1. The number of carbonyl (C=O) groups is 2. The molecule has 0 bridgehead atoms. The molecule has 0 fully saturated rings. The van der Waals surface area contributed by atoms with E-state index < -0.39 is 4.92 Å². The molecule has 40 heavy (non-hydrogen) atoms. The van der Waals surface area contributed by atoms with Crippen molar-refractivity contribution in [3.8, 4) is 12.1 Å². The highest BCUT2D eigenvalue weighted by molar-refractivity contribution is 6.21. The Kier molecular flexibility index (Phi) is 8.26. The van der Waals surface area contributed by atoms with E-state index in [0.717, 1.165) is 42.9 Å². The average Bonchev–Trinajstić information content (AvgIpc) is 3.20. The van der Waals surface area contributed by atoms with Crippen molar-refractivity contribution >= 4 is 34.6 Å². The quantitative estimate of drug-likeness (QED) is 0.102. The molecule has 0 spiro atoms. The second-order valence-corrected chi connectivity index (χ2v) is 9.14. The Morgan fingerprint density at radius 1 is 0.950 bits per heavy atom. The van der Waals surface area contributed by atoms with Gasteiger partial charge in [-0.15, -0.1) is 5.11 Å². The van der Waals surface area contributed by atoms with Crippen molar-refractivity contribution < 1.29 is 14.5 Å². The third kappa shape index (κ3) is 5.54. The Bertz CT molecular complexity index is 1550. The molecule has 1 heterocycles. The zero-order chi connectivity index (χ0) is 28.8. The highest BCUT2D eigenvalue weighted by atomic mass is 16.6. The van der Waals surface area contributed by atoms with E-state index in [1.807, 2.05) is 38.1 Å². The van der Waals surface area contributed by atoms with E-state index in [-0.39, 0.29) is 34.3 Å². The first-order chi connectivity index (χ1) is 19.3. The van der Waals surface area contributed by atoms with Gasteiger partial charge in [-0.3, -0.25) is 24.6 Å². The number of hydrogen-bond acceptors (Lipinski definition) is 9. The molecule has 200 valence electrons. The van der Waals surface area contributed by atoms with Crippen molar-refractivity contribution in [2.75, 3.05) is 24.5 Å². The van der Waals surface area contributed by atoms with Gasteiger partial charge in [0.1, 0.15) is 17.8 Å². The molecule has 0 N–H and O–H groups in total. The molecule has 0 saturated carbocycles. The summed E-state index contributed by atoms with van der Waals surface area (Å²) in [5, 5.41) is 38.2. The molecule has 0 atom stereocenters. The van der Waals surface area contributed by atoms with Gasteiger partial charge in [0.2, 0.25) is 0 Å². The summed E-state index contributed by atoms with van der Waals surface area (Å²) in [4.78, 5) is 39.0. The lowest BCUT2D eigenvalue weighted by atomic mass is 10.1. The fraction of sp³-hybridized carbons (Fsp3) is 0.241. The number of nitriles is 2. The number of carbonyl (C=O) groups excluding carboxylic acids is 2. The van der Waals surface area contributed by atoms with Crippen molar-refractivity contribution in [2.24, 2.45) is 10.2 Å². The lowest BCUT2D eigenvalue weighted by Gasteiger charge is -2.24. The number of benzene rings is 3. The van der Waals surface area contributed by atoms with E-state index in [9.17, 15) is 30.2 Å². The number of anilines is 1. The fourth-order valence-electron chi connectivity index (χ4n) is 4.54. The van der Waals surface area contributed by atoms with Crippen molar-refractivity contribution in [1.29, 1.82) is 10.5 Å². The third-order valence-corrected chi connectivity index (χ3v) is 6.67. The van der Waals surface area contributed by atoms with E-state index >= 15 is 0 Å². The van der Waals surface area contributed by atoms with Crippen molar-refractivity contribution in [3.63, 3.8) is 0 Å². The summed E-state index contributed by atoms with van der Waals surface area (Å²) in [6.07, 6.45) is 1.45. The van der Waals surface area contributed by atoms with E-state index in [1.165, 1.54) is 4.90 Å². The minimum absolute atomic E-state index is 0.0210. The van der Waals surface area contributed by atoms with Gasteiger partial charge in [-0.25, -0.2) is 0 Å². The summed E-state index contributed by atoms with van der Waals surface area (Å²) in [5.41, 5.74) is 2.60. The van der Waals surface area contributed by atoms with Crippen molar-refractivity contribution in [2.45, 2.75) is 26.7 Å². The zero-order valence-corrected chi connectivity index (χ0v) is 22.0. The van der Waals surface area contributed by atoms with Gasteiger partial charge in [0, 0.05) is 37.5 Å². The molecule has 2 amide bonds. The summed E-state index contributed by atoms with van der Waals surface area (Å²) in [5.74, 6) is -0.489.